The first-order valence-electron chi connectivity index (χ1n) is 9.14. The SMILES string of the molecule is COC1(C(NC(=O)c2ccc(C#CC#CC3CNC3)cc2)C(=O)NO)CS(O)(O)C1. The molecule has 2 aliphatic heterocycles. The van der Waals surface area contributed by atoms with Gasteiger partial charge in [0, 0.05) is 37.2 Å². The molecule has 0 saturated carbocycles. The van der Waals surface area contributed by atoms with E-state index in [2.05, 4.69) is 34.3 Å². The van der Waals surface area contributed by atoms with Crippen LogP contribution in [-0.2, 0) is 9.53 Å². The highest BCUT2D eigenvalue weighted by molar-refractivity contribution is 8.25. The molecule has 30 heavy (non-hydrogen) atoms. The fourth-order valence-electron chi connectivity index (χ4n) is 3.19. The molecule has 1 unspecified atom stereocenters. The van der Waals surface area contributed by atoms with Crippen molar-refractivity contribution in [3.63, 3.8) is 0 Å². The van der Waals surface area contributed by atoms with E-state index in [9.17, 15) is 18.7 Å². The van der Waals surface area contributed by atoms with Gasteiger partial charge >= 0.3 is 0 Å². The Labute approximate surface area is 175 Å². The summed E-state index contributed by atoms with van der Waals surface area (Å²) >= 11 is 0. The number of amides is 2. The average Bonchev–Trinajstić information content (AvgIpc) is 2.68. The van der Waals surface area contributed by atoms with Gasteiger partial charge in [-0.1, -0.05) is 11.8 Å². The first-order chi connectivity index (χ1) is 14.3. The number of nitrogens with one attached hydrogen (secondary N) is 3. The normalized spacial score (nSPS) is 20.5. The fourth-order valence-corrected chi connectivity index (χ4v) is 5.24. The largest absolute Gasteiger partial charge is 0.372 e. The summed E-state index contributed by atoms with van der Waals surface area (Å²) in [5.41, 5.74) is 1.11. The number of carbonyl (C=O) groups excluding carboxylic acids is 2. The van der Waals surface area contributed by atoms with Gasteiger partial charge < -0.3 is 15.4 Å². The van der Waals surface area contributed by atoms with Gasteiger partial charge in [-0.2, -0.15) is 10.6 Å². The Balaban J connectivity index is 1.67. The molecule has 1 atom stereocenters. The van der Waals surface area contributed by atoms with Gasteiger partial charge in [0.15, 0.2) is 0 Å². The molecule has 1 aromatic carbocycles. The van der Waals surface area contributed by atoms with Crippen LogP contribution < -0.4 is 16.1 Å². The number of hydroxylamine groups is 1. The number of benzene rings is 1. The lowest BCUT2D eigenvalue weighted by atomic mass is 9.95. The van der Waals surface area contributed by atoms with Gasteiger partial charge in [-0.25, -0.2) is 5.48 Å². The van der Waals surface area contributed by atoms with Gasteiger partial charge in [0.05, 0.1) is 11.5 Å². The van der Waals surface area contributed by atoms with Gasteiger partial charge in [0.2, 0.25) is 0 Å². The summed E-state index contributed by atoms with van der Waals surface area (Å²) in [6, 6.07) is 5.09. The number of ether oxygens (including phenoxy) is 1. The smallest absolute Gasteiger partial charge is 0.269 e. The second kappa shape index (κ2) is 9.06. The van der Waals surface area contributed by atoms with Crippen molar-refractivity contribution in [1.29, 1.82) is 0 Å². The predicted molar refractivity (Wildman–Crippen MR) is 111 cm³/mol. The maximum absolute atomic E-state index is 12.6. The lowest BCUT2D eigenvalue weighted by Crippen LogP contribution is -2.69. The third kappa shape index (κ3) is 4.94. The van der Waals surface area contributed by atoms with Crippen molar-refractivity contribution in [2.24, 2.45) is 5.92 Å². The molecule has 1 aromatic rings. The van der Waals surface area contributed by atoms with Crippen molar-refractivity contribution in [3.05, 3.63) is 35.4 Å². The second-order valence-electron chi connectivity index (χ2n) is 7.19. The number of methoxy groups -OCH3 is 1. The van der Waals surface area contributed by atoms with Crippen LogP contribution in [0.25, 0.3) is 0 Å². The molecule has 0 radical (unpaired) electrons. The zero-order chi connectivity index (χ0) is 21.8. The minimum Gasteiger partial charge on any atom is -0.372 e. The number of hydrogen-bond acceptors (Lipinski definition) is 7. The van der Waals surface area contributed by atoms with Gasteiger partial charge in [-0.15, -0.1) is 0 Å². The molecule has 2 amide bonds. The topological polar surface area (TPSA) is 140 Å². The minimum absolute atomic E-state index is 0.221. The number of rotatable bonds is 5. The summed E-state index contributed by atoms with van der Waals surface area (Å²) < 4.78 is 24.8. The summed E-state index contributed by atoms with van der Waals surface area (Å²) in [6.45, 7) is 1.77. The highest BCUT2D eigenvalue weighted by Crippen LogP contribution is 2.56. The molecular formula is C20H23N3O6S. The number of carbonyl (C=O) groups is 2. The number of hydrogen-bond donors (Lipinski definition) is 6. The molecular weight excluding hydrogens is 410 g/mol. The zero-order valence-corrected chi connectivity index (χ0v) is 17.1. The Morgan fingerprint density at radius 3 is 2.40 bits per heavy atom. The van der Waals surface area contributed by atoms with E-state index in [1.165, 1.54) is 12.6 Å². The van der Waals surface area contributed by atoms with E-state index in [0.717, 1.165) is 13.1 Å². The molecule has 0 aliphatic carbocycles. The van der Waals surface area contributed by atoms with Gasteiger partial charge in [0.25, 0.3) is 11.8 Å². The Morgan fingerprint density at radius 1 is 1.23 bits per heavy atom. The van der Waals surface area contributed by atoms with E-state index in [0.29, 0.717) is 11.5 Å². The summed E-state index contributed by atoms with van der Waals surface area (Å²) in [7, 11) is -1.57. The molecule has 160 valence electrons. The third-order valence-electron chi connectivity index (χ3n) is 5.01. The maximum atomic E-state index is 12.6. The molecule has 2 saturated heterocycles. The van der Waals surface area contributed by atoms with Gasteiger partial charge in [-0.05, 0) is 36.1 Å². The quantitative estimate of drug-likeness (QED) is 0.218. The van der Waals surface area contributed by atoms with Crippen LogP contribution in [0.5, 0.6) is 0 Å². The van der Waals surface area contributed by atoms with Crippen LogP contribution >= 0.6 is 10.6 Å². The molecule has 9 nitrogen and oxygen atoms in total. The van der Waals surface area contributed by atoms with Crippen LogP contribution in [-0.4, -0.2) is 69.5 Å². The summed E-state index contributed by atoms with van der Waals surface area (Å²) in [4.78, 5) is 24.7. The Morgan fingerprint density at radius 2 is 1.90 bits per heavy atom. The van der Waals surface area contributed by atoms with Crippen molar-refractivity contribution >= 4 is 22.4 Å². The third-order valence-corrected chi connectivity index (χ3v) is 6.91. The fraction of sp³-hybridized carbons (Fsp3) is 0.400. The van der Waals surface area contributed by atoms with Crippen LogP contribution in [0.4, 0.5) is 0 Å². The second-order valence-corrected chi connectivity index (χ2v) is 9.38. The monoisotopic (exact) mass is 433 g/mol. The molecule has 2 aliphatic rings. The van der Waals surface area contributed by atoms with Crippen LogP contribution in [0, 0.1) is 29.6 Å². The lowest BCUT2D eigenvalue weighted by molar-refractivity contribution is -0.138. The summed E-state index contributed by atoms with van der Waals surface area (Å²) in [5.74, 6) is 9.93. The van der Waals surface area contributed by atoms with Crippen molar-refractivity contribution in [1.82, 2.24) is 16.1 Å². The molecule has 2 fully saturated rings. The maximum Gasteiger partial charge on any atom is 0.269 e. The standard InChI is InChI=1S/C20H23N3O6S/c1-29-20(12-30(27,28)13-20)17(19(25)23-26)22-18(24)16-8-6-14(7-9-16)4-2-3-5-15-10-21-11-15/h6-9,15,17,21,26-28H,10-13H2,1H3,(H,22,24)(H,23,25). The molecule has 0 bridgehead atoms. The molecule has 0 aromatic heterocycles. The van der Waals surface area contributed by atoms with Crippen LogP contribution in [0.2, 0.25) is 0 Å². The van der Waals surface area contributed by atoms with E-state index < -0.39 is 34.0 Å². The van der Waals surface area contributed by atoms with E-state index in [-0.39, 0.29) is 17.1 Å². The van der Waals surface area contributed by atoms with Crippen LogP contribution in [0.1, 0.15) is 15.9 Å². The Bertz CT molecular complexity index is 929. The lowest BCUT2D eigenvalue weighted by Gasteiger charge is -2.56. The molecule has 3 rings (SSSR count). The molecule has 6 N–H and O–H groups in total. The molecule has 2 heterocycles. The summed E-state index contributed by atoms with van der Waals surface area (Å²) in [5, 5.41) is 14.7. The van der Waals surface area contributed by atoms with Gasteiger partial charge in [-0.3, -0.25) is 23.9 Å². The highest BCUT2D eigenvalue weighted by Gasteiger charge is 2.57. The summed E-state index contributed by atoms with van der Waals surface area (Å²) in [6.07, 6.45) is 0. The van der Waals surface area contributed by atoms with Crippen LogP contribution in [0.3, 0.4) is 0 Å². The minimum atomic E-state index is -2.88. The molecule has 0 spiro atoms. The first-order valence-corrected chi connectivity index (χ1v) is 11.0. The Kier molecular flexibility index (Phi) is 6.68. The van der Waals surface area contributed by atoms with E-state index in [1.807, 2.05) is 0 Å². The van der Waals surface area contributed by atoms with E-state index in [1.54, 1.807) is 24.3 Å². The Hall–Kier alpha value is -2.57. The van der Waals surface area contributed by atoms with Crippen molar-refractivity contribution in [3.8, 4) is 23.7 Å². The van der Waals surface area contributed by atoms with Gasteiger partial charge in [0.1, 0.15) is 11.6 Å². The molecule has 10 heteroatoms. The average molecular weight is 433 g/mol. The van der Waals surface area contributed by atoms with Crippen molar-refractivity contribution < 1.29 is 28.6 Å². The zero-order valence-electron chi connectivity index (χ0n) is 16.3. The predicted octanol–water partition coefficient (Wildman–Crippen LogP) is 0.0141. The van der Waals surface area contributed by atoms with E-state index in [4.69, 9.17) is 9.94 Å². The first kappa shape index (κ1) is 22.1. The van der Waals surface area contributed by atoms with Crippen molar-refractivity contribution in [2.45, 2.75) is 11.6 Å². The van der Waals surface area contributed by atoms with E-state index >= 15 is 0 Å². The highest BCUT2D eigenvalue weighted by atomic mass is 32.3. The van der Waals surface area contributed by atoms with Crippen molar-refractivity contribution in [2.75, 3.05) is 31.7 Å². The van der Waals surface area contributed by atoms with Crippen LogP contribution in [0.15, 0.2) is 24.3 Å².